The molecule has 5 nitrogen and oxygen atoms in total. The number of nitrogens with two attached hydrogens (primary N) is 1. The van der Waals surface area contributed by atoms with Crippen LogP contribution in [0.25, 0.3) is 0 Å². The maximum atomic E-state index is 11.9. The molecule has 2 rings (SSSR count). The third-order valence-electron chi connectivity index (χ3n) is 3.67. The lowest BCUT2D eigenvalue weighted by Crippen LogP contribution is -2.28. The number of hydrogen-bond donors (Lipinski definition) is 3. The molecule has 0 atom stereocenters. The summed E-state index contributed by atoms with van der Waals surface area (Å²) in [7, 11) is 0. The summed E-state index contributed by atoms with van der Waals surface area (Å²) in [5, 5.41) is 6.13. The molecule has 0 unspecified atom stereocenters. The molecule has 1 aliphatic heterocycles. The molecule has 4 N–H and O–H groups in total. The van der Waals surface area contributed by atoms with Crippen LogP contribution in [-0.2, 0) is 4.79 Å². The molecule has 0 saturated carbocycles. The van der Waals surface area contributed by atoms with Crippen molar-refractivity contribution in [3.05, 3.63) is 29.8 Å². The number of piperidine rings is 1. The maximum Gasteiger partial charge on any atom is 0.248 e. The molecule has 1 aromatic rings. The predicted molar refractivity (Wildman–Crippen MR) is 85.7 cm³/mol. The highest BCUT2D eigenvalue weighted by Crippen LogP contribution is 2.18. The van der Waals surface area contributed by atoms with Crippen molar-refractivity contribution in [2.75, 3.05) is 18.4 Å². The number of anilines is 1. The predicted octanol–water partition coefficient (Wildman–Crippen LogP) is 1.93. The van der Waals surface area contributed by atoms with E-state index in [2.05, 4.69) is 10.6 Å². The van der Waals surface area contributed by atoms with E-state index in [4.69, 9.17) is 5.73 Å². The molecule has 0 aliphatic carbocycles. The molecule has 2 amide bonds. The Morgan fingerprint density at radius 2 is 2.00 bits per heavy atom. The van der Waals surface area contributed by atoms with Gasteiger partial charge in [-0.05, 0) is 56.5 Å². The van der Waals surface area contributed by atoms with Crippen LogP contribution in [0.15, 0.2) is 24.3 Å². The highest BCUT2D eigenvalue weighted by Gasteiger charge is 2.14. The minimum Gasteiger partial charge on any atom is -0.366 e. The standard InChI is InChI=1S/C15H21N3O2.ClH/c16-15(20)12-2-1-3-13(10-12)18-14(19)5-4-11-6-8-17-9-7-11;/h1-3,10-11,17H,4-9H2,(H2,16,20)(H,18,19);1H. The molecule has 21 heavy (non-hydrogen) atoms. The van der Waals surface area contributed by atoms with Crippen LogP contribution in [0.2, 0.25) is 0 Å². The number of carbonyl (C=O) groups excluding carboxylic acids is 2. The van der Waals surface area contributed by atoms with Gasteiger partial charge < -0.3 is 16.4 Å². The number of halogens is 1. The van der Waals surface area contributed by atoms with Gasteiger partial charge in [0.2, 0.25) is 11.8 Å². The summed E-state index contributed by atoms with van der Waals surface area (Å²) >= 11 is 0. The molecule has 0 spiro atoms. The van der Waals surface area contributed by atoms with Gasteiger partial charge in [0.15, 0.2) is 0 Å². The Morgan fingerprint density at radius 3 is 2.67 bits per heavy atom. The molecule has 1 heterocycles. The van der Waals surface area contributed by atoms with E-state index in [1.807, 2.05) is 0 Å². The van der Waals surface area contributed by atoms with Gasteiger partial charge in [-0.25, -0.2) is 0 Å². The molecule has 116 valence electrons. The highest BCUT2D eigenvalue weighted by atomic mass is 35.5. The fourth-order valence-electron chi connectivity index (χ4n) is 2.48. The van der Waals surface area contributed by atoms with Crippen LogP contribution in [0, 0.1) is 5.92 Å². The molecule has 6 heteroatoms. The van der Waals surface area contributed by atoms with Crippen LogP contribution < -0.4 is 16.4 Å². The lowest BCUT2D eigenvalue weighted by molar-refractivity contribution is -0.116. The third kappa shape index (κ3) is 5.73. The first kappa shape index (κ1) is 17.5. The average molecular weight is 312 g/mol. The number of carbonyl (C=O) groups is 2. The van der Waals surface area contributed by atoms with E-state index in [1.54, 1.807) is 24.3 Å². The fourth-order valence-corrected chi connectivity index (χ4v) is 2.48. The second kappa shape index (κ2) is 8.64. The quantitative estimate of drug-likeness (QED) is 0.777. The Labute approximate surface area is 131 Å². The van der Waals surface area contributed by atoms with Crippen LogP contribution in [0.1, 0.15) is 36.0 Å². The number of amides is 2. The summed E-state index contributed by atoms with van der Waals surface area (Å²) in [6.07, 6.45) is 3.73. The van der Waals surface area contributed by atoms with Crippen molar-refractivity contribution in [2.24, 2.45) is 11.7 Å². The Balaban J connectivity index is 0.00000220. The largest absolute Gasteiger partial charge is 0.366 e. The first-order valence-corrected chi connectivity index (χ1v) is 7.05. The zero-order chi connectivity index (χ0) is 14.4. The Kier molecular flexibility index (Phi) is 7.19. The molecule has 1 fully saturated rings. The summed E-state index contributed by atoms with van der Waals surface area (Å²) in [6.45, 7) is 2.10. The molecule has 0 radical (unpaired) electrons. The second-order valence-electron chi connectivity index (χ2n) is 5.23. The van der Waals surface area contributed by atoms with E-state index in [9.17, 15) is 9.59 Å². The molecule has 1 saturated heterocycles. The Hall–Kier alpha value is -1.59. The van der Waals surface area contributed by atoms with Gasteiger partial charge in [0, 0.05) is 17.7 Å². The van der Waals surface area contributed by atoms with Crippen LogP contribution in [0.3, 0.4) is 0 Å². The SMILES string of the molecule is Cl.NC(=O)c1cccc(NC(=O)CCC2CCNCC2)c1. The summed E-state index contributed by atoms with van der Waals surface area (Å²) in [5.41, 5.74) is 6.24. The zero-order valence-electron chi connectivity index (χ0n) is 11.9. The van der Waals surface area contributed by atoms with Crippen LogP contribution in [0.4, 0.5) is 5.69 Å². The number of primary amides is 1. The van der Waals surface area contributed by atoms with Crippen molar-refractivity contribution >= 4 is 29.9 Å². The summed E-state index contributed by atoms with van der Waals surface area (Å²) in [4.78, 5) is 23.0. The molecule has 0 bridgehead atoms. The van der Waals surface area contributed by atoms with E-state index < -0.39 is 5.91 Å². The van der Waals surface area contributed by atoms with Gasteiger partial charge in [0.05, 0.1) is 0 Å². The van der Waals surface area contributed by atoms with Crippen LogP contribution in [0.5, 0.6) is 0 Å². The summed E-state index contributed by atoms with van der Waals surface area (Å²) in [6, 6.07) is 6.70. The minimum atomic E-state index is -0.490. The monoisotopic (exact) mass is 311 g/mol. The van der Waals surface area contributed by atoms with Crippen LogP contribution in [-0.4, -0.2) is 24.9 Å². The topological polar surface area (TPSA) is 84.2 Å². The number of benzene rings is 1. The zero-order valence-corrected chi connectivity index (χ0v) is 12.7. The lowest BCUT2D eigenvalue weighted by atomic mass is 9.93. The molecular formula is C15H22ClN3O2. The molecule has 0 aromatic heterocycles. The Morgan fingerprint density at radius 1 is 1.29 bits per heavy atom. The van der Waals surface area contributed by atoms with Crippen molar-refractivity contribution in [1.82, 2.24) is 5.32 Å². The van der Waals surface area contributed by atoms with E-state index in [0.29, 0.717) is 23.6 Å². The molecule has 1 aliphatic rings. The van der Waals surface area contributed by atoms with E-state index in [-0.39, 0.29) is 18.3 Å². The average Bonchev–Trinajstić information content (AvgIpc) is 2.46. The van der Waals surface area contributed by atoms with Crippen molar-refractivity contribution in [3.63, 3.8) is 0 Å². The molecular weight excluding hydrogens is 290 g/mol. The van der Waals surface area contributed by atoms with Gasteiger partial charge in [-0.2, -0.15) is 0 Å². The van der Waals surface area contributed by atoms with Crippen molar-refractivity contribution in [2.45, 2.75) is 25.7 Å². The lowest BCUT2D eigenvalue weighted by Gasteiger charge is -2.22. The Bertz CT molecular complexity index is 488. The van der Waals surface area contributed by atoms with Gasteiger partial charge in [-0.15, -0.1) is 12.4 Å². The van der Waals surface area contributed by atoms with Gasteiger partial charge in [-0.3, -0.25) is 9.59 Å². The van der Waals surface area contributed by atoms with E-state index in [0.717, 1.165) is 32.4 Å². The number of hydrogen-bond acceptors (Lipinski definition) is 3. The smallest absolute Gasteiger partial charge is 0.248 e. The van der Waals surface area contributed by atoms with Gasteiger partial charge in [0.25, 0.3) is 0 Å². The third-order valence-corrected chi connectivity index (χ3v) is 3.67. The summed E-state index contributed by atoms with van der Waals surface area (Å²) < 4.78 is 0. The van der Waals surface area contributed by atoms with Gasteiger partial charge in [0.1, 0.15) is 0 Å². The van der Waals surface area contributed by atoms with E-state index >= 15 is 0 Å². The normalized spacial score (nSPS) is 15.0. The first-order valence-electron chi connectivity index (χ1n) is 7.05. The van der Waals surface area contributed by atoms with Gasteiger partial charge in [-0.1, -0.05) is 6.07 Å². The maximum absolute atomic E-state index is 11.9. The van der Waals surface area contributed by atoms with Crippen molar-refractivity contribution < 1.29 is 9.59 Å². The molecule has 1 aromatic carbocycles. The van der Waals surface area contributed by atoms with Gasteiger partial charge >= 0.3 is 0 Å². The minimum absolute atomic E-state index is 0. The van der Waals surface area contributed by atoms with Crippen LogP contribution >= 0.6 is 12.4 Å². The van der Waals surface area contributed by atoms with Crippen molar-refractivity contribution in [1.29, 1.82) is 0 Å². The van der Waals surface area contributed by atoms with Crippen molar-refractivity contribution in [3.8, 4) is 0 Å². The summed E-state index contributed by atoms with van der Waals surface area (Å²) in [5.74, 6) is 0.139. The number of rotatable bonds is 5. The number of nitrogens with one attached hydrogen (secondary N) is 2. The second-order valence-corrected chi connectivity index (χ2v) is 5.23. The first-order chi connectivity index (χ1) is 9.65. The fraction of sp³-hybridized carbons (Fsp3) is 0.467. The van der Waals surface area contributed by atoms with E-state index in [1.165, 1.54) is 0 Å². The highest BCUT2D eigenvalue weighted by molar-refractivity contribution is 5.96.